The molecule has 1 heterocycles. The molecule has 2 aromatic carbocycles. The van der Waals surface area contributed by atoms with E-state index < -0.39 is 10.0 Å². The third kappa shape index (κ3) is 4.46. The first-order chi connectivity index (χ1) is 14.0. The molecule has 0 unspecified atom stereocenters. The second-order valence-electron chi connectivity index (χ2n) is 8.64. The number of anilines is 1. The molecule has 1 aliphatic rings. The summed E-state index contributed by atoms with van der Waals surface area (Å²) < 4.78 is 32.6. The van der Waals surface area contributed by atoms with Crippen molar-refractivity contribution < 1.29 is 17.9 Å². The van der Waals surface area contributed by atoms with Crippen molar-refractivity contribution in [2.45, 2.75) is 38.5 Å². The lowest BCUT2D eigenvalue weighted by Gasteiger charge is -2.38. The van der Waals surface area contributed by atoms with Crippen molar-refractivity contribution in [3.8, 4) is 5.75 Å². The van der Waals surface area contributed by atoms with Crippen LogP contribution in [0.4, 0.5) is 5.69 Å². The van der Waals surface area contributed by atoms with Crippen molar-refractivity contribution in [2.75, 3.05) is 31.6 Å². The molecule has 162 valence electrons. The molecule has 3 rings (SSSR count). The van der Waals surface area contributed by atoms with E-state index in [0.29, 0.717) is 23.5 Å². The molecule has 1 saturated heterocycles. The fourth-order valence-electron chi connectivity index (χ4n) is 3.90. The van der Waals surface area contributed by atoms with Crippen molar-refractivity contribution in [3.05, 3.63) is 53.6 Å². The van der Waals surface area contributed by atoms with Gasteiger partial charge in [-0.25, -0.2) is 8.42 Å². The third-order valence-corrected chi connectivity index (χ3v) is 7.49. The number of methoxy groups -OCH3 is 1. The maximum Gasteiger partial charge on any atom is 0.264 e. The van der Waals surface area contributed by atoms with Crippen LogP contribution < -0.4 is 9.04 Å². The first kappa shape index (κ1) is 22.2. The topological polar surface area (TPSA) is 66.9 Å². The average Bonchev–Trinajstić information content (AvgIpc) is 2.72. The van der Waals surface area contributed by atoms with Gasteiger partial charge >= 0.3 is 0 Å². The summed E-state index contributed by atoms with van der Waals surface area (Å²) >= 11 is 0. The van der Waals surface area contributed by atoms with E-state index in [4.69, 9.17) is 4.74 Å². The summed E-state index contributed by atoms with van der Waals surface area (Å²) in [7, 11) is -0.726. The molecule has 2 aromatic rings. The molecule has 0 bridgehead atoms. The van der Waals surface area contributed by atoms with Gasteiger partial charge in [0.15, 0.2) is 0 Å². The molecule has 0 saturated carbocycles. The zero-order valence-electron chi connectivity index (χ0n) is 18.3. The van der Waals surface area contributed by atoms with Gasteiger partial charge < -0.3 is 9.64 Å². The summed E-state index contributed by atoms with van der Waals surface area (Å²) in [6.45, 7) is 7.61. The Bertz CT molecular complexity index is 1030. The highest BCUT2D eigenvalue weighted by atomic mass is 32.2. The van der Waals surface area contributed by atoms with Crippen molar-refractivity contribution in [1.82, 2.24) is 4.90 Å². The van der Waals surface area contributed by atoms with Crippen LogP contribution in [0.15, 0.2) is 47.4 Å². The number of carbonyl (C=O) groups excluding carboxylic acids is 1. The number of piperidine rings is 1. The van der Waals surface area contributed by atoms with E-state index in [9.17, 15) is 13.2 Å². The Kier molecular flexibility index (Phi) is 6.13. The molecule has 0 radical (unpaired) electrons. The average molecular weight is 431 g/mol. The SMILES string of the molecule is COc1ccc(S(=O)(=O)N(C)c2cc(C(=O)N3CCCC(C)(C)C3)ccc2C)cc1. The minimum Gasteiger partial charge on any atom is -0.497 e. The summed E-state index contributed by atoms with van der Waals surface area (Å²) in [4.78, 5) is 15.1. The van der Waals surface area contributed by atoms with E-state index >= 15 is 0 Å². The Morgan fingerprint density at radius 3 is 2.40 bits per heavy atom. The molecule has 1 fully saturated rings. The van der Waals surface area contributed by atoms with Crippen molar-refractivity contribution >= 4 is 21.6 Å². The van der Waals surface area contributed by atoms with Gasteiger partial charge in [0.05, 0.1) is 17.7 Å². The number of amides is 1. The fourth-order valence-corrected chi connectivity index (χ4v) is 5.15. The van der Waals surface area contributed by atoms with Gasteiger partial charge in [-0.3, -0.25) is 9.10 Å². The predicted molar refractivity (Wildman–Crippen MR) is 119 cm³/mol. The van der Waals surface area contributed by atoms with Gasteiger partial charge in [0.2, 0.25) is 0 Å². The van der Waals surface area contributed by atoms with E-state index in [1.54, 1.807) is 30.3 Å². The standard InChI is InChI=1S/C23H30N2O4S/c1-17-7-8-18(22(26)25-14-6-13-23(2,3)16-25)15-21(17)24(4)30(27,28)20-11-9-19(29-5)10-12-20/h7-12,15H,6,13-14,16H2,1-5H3. The second kappa shape index (κ2) is 8.30. The van der Waals surface area contributed by atoms with Gasteiger partial charge in [0.25, 0.3) is 15.9 Å². The fraction of sp³-hybridized carbons (Fsp3) is 0.435. The van der Waals surface area contributed by atoms with Gasteiger partial charge in [-0.2, -0.15) is 0 Å². The van der Waals surface area contributed by atoms with Crippen LogP contribution >= 0.6 is 0 Å². The Morgan fingerprint density at radius 2 is 1.80 bits per heavy atom. The van der Waals surface area contributed by atoms with Gasteiger partial charge in [0.1, 0.15) is 5.75 Å². The number of benzene rings is 2. The third-order valence-electron chi connectivity index (χ3n) is 5.70. The molecule has 0 N–H and O–H groups in total. The van der Waals surface area contributed by atoms with Gasteiger partial charge in [-0.1, -0.05) is 19.9 Å². The van der Waals surface area contributed by atoms with Crippen LogP contribution in [-0.2, 0) is 10.0 Å². The Hall–Kier alpha value is -2.54. The van der Waals surface area contributed by atoms with E-state index in [0.717, 1.165) is 24.9 Å². The highest BCUT2D eigenvalue weighted by Gasteiger charge is 2.30. The minimum atomic E-state index is -3.77. The number of sulfonamides is 1. The lowest BCUT2D eigenvalue weighted by molar-refractivity contribution is 0.0583. The summed E-state index contributed by atoms with van der Waals surface area (Å²) in [5, 5.41) is 0. The molecule has 30 heavy (non-hydrogen) atoms. The smallest absolute Gasteiger partial charge is 0.264 e. The monoisotopic (exact) mass is 430 g/mol. The highest BCUT2D eigenvalue weighted by Crippen LogP contribution is 2.31. The Balaban J connectivity index is 1.91. The number of rotatable bonds is 5. The maximum atomic E-state index is 13.1. The normalized spacial score (nSPS) is 16.2. The largest absolute Gasteiger partial charge is 0.497 e. The molecule has 1 aliphatic heterocycles. The van der Waals surface area contributed by atoms with Crippen LogP contribution in [0.5, 0.6) is 5.75 Å². The number of likely N-dealkylation sites (tertiary alicyclic amines) is 1. The van der Waals surface area contributed by atoms with Crippen molar-refractivity contribution in [1.29, 1.82) is 0 Å². The summed E-state index contributed by atoms with van der Waals surface area (Å²) in [5.74, 6) is 0.532. The van der Waals surface area contributed by atoms with E-state index in [-0.39, 0.29) is 16.2 Å². The van der Waals surface area contributed by atoms with Crippen LogP contribution in [0, 0.1) is 12.3 Å². The maximum absolute atomic E-state index is 13.1. The number of hydrogen-bond donors (Lipinski definition) is 0. The molecule has 1 amide bonds. The molecule has 0 aromatic heterocycles. The van der Waals surface area contributed by atoms with Crippen LogP contribution in [0.1, 0.15) is 42.6 Å². The van der Waals surface area contributed by atoms with Crippen LogP contribution in [0.25, 0.3) is 0 Å². The highest BCUT2D eigenvalue weighted by molar-refractivity contribution is 7.92. The zero-order valence-corrected chi connectivity index (χ0v) is 19.1. The number of hydrogen-bond acceptors (Lipinski definition) is 4. The zero-order chi connectivity index (χ0) is 22.1. The summed E-state index contributed by atoms with van der Waals surface area (Å²) in [5.41, 5.74) is 1.87. The number of ether oxygens (including phenoxy) is 1. The first-order valence-electron chi connectivity index (χ1n) is 10.1. The lowest BCUT2D eigenvalue weighted by atomic mass is 9.84. The Morgan fingerprint density at radius 1 is 1.13 bits per heavy atom. The van der Waals surface area contributed by atoms with Crippen molar-refractivity contribution in [3.63, 3.8) is 0 Å². The lowest BCUT2D eigenvalue weighted by Crippen LogP contribution is -2.43. The quantitative estimate of drug-likeness (QED) is 0.717. The molecule has 6 nitrogen and oxygen atoms in total. The van der Waals surface area contributed by atoms with E-state index in [1.165, 1.54) is 30.6 Å². The van der Waals surface area contributed by atoms with Gasteiger partial charge in [-0.05, 0) is 67.1 Å². The number of nitrogens with zero attached hydrogens (tertiary/aromatic N) is 2. The van der Waals surface area contributed by atoms with Crippen molar-refractivity contribution in [2.24, 2.45) is 5.41 Å². The Labute approximate surface area is 179 Å². The molecular weight excluding hydrogens is 400 g/mol. The first-order valence-corrected chi connectivity index (χ1v) is 11.5. The number of carbonyl (C=O) groups is 1. The van der Waals surface area contributed by atoms with E-state index in [1.807, 2.05) is 11.8 Å². The van der Waals surface area contributed by atoms with E-state index in [2.05, 4.69) is 13.8 Å². The predicted octanol–water partition coefficient (Wildman–Crippen LogP) is 4.09. The molecule has 0 aliphatic carbocycles. The molecular formula is C23H30N2O4S. The van der Waals surface area contributed by atoms with Crippen LogP contribution in [0.2, 0.25) is 0 Å². The number of aryl methyl sites for hydroxylation is 1. The van der Waals surface area contributed by atoms with Crippen LogP contribution in [-0.4, -0.2) is 46.5 Å². The second-order valence-corrected chi connectivity index (χ2v) is 10.6. The van der Waals surface area contributed by atoms with Gasteiger partial charge in [0, 0.05) is 25.7 Å². The summed E-state index contributed by atoms with van der Waals surface area (Å²) in [6, 6.07) is 11.5. The molecule has 0 spiro atoms. The molecule has 7 heteroatoms. The van der Waals surface area contributed by atoms with Crippen LogP contribution in [0.3, 0.4) is 0 Å². The summed E-state index contributed by atoms with van der Waals surface area (Å²) in [6.07, 6.45) is 2.07. The van der Waals surface area contributed by atoms with Gasteiger partial charge in [-0.15, -0.1) is 0 Å². The molecule has 0 atom stereocenters. The minimum absolute atomic E-state index is 0.0562.